The number of nitrogens with zero attached hydrogens (tertiary/aromatic N) is 5. The van der Waals surface area contributed by atoms with Crippen LogP contribution >= 0.6 is 0 Å². The molecule has 2 aliphatic rings. The summed E-state index contributed by atoms with van der Waals surface area (Å²) in [5, 5.41) is 15.4. The number of pyridine rings is 2. The van der Waals surface area contributed by atoms with E-state index in [4.69, 9.17) is 9.47 Å². The van der Waals surface area contributed by atoms with Crippen molar-refractivity contribution in [2.75, 3.05) is 56.1 Å². The molecule has 0 spiro atoms. The number of methoxy groups -OCH3 is 1. The van der Waals surface area contributed by atoms with Crippen LogP contribution in [-0.2, 0) is 27.2 Å². The molecule has 1 saturated heterocycles. The van der Waals surface area contributed by atoms with Crippen LogP contribution in [0.25, 0.3) is 0 Å². The number of ether oxygens (including phenoxy) is 2. The molecule has 39 heavy (non-hydrogen) atoms. The van der Waals surface area contributed by atoms with Gasteiger partial charge in [0, 0.05) is 57.7 Å². The molecule has 2 N–H and O–H groups in total. The van der Waals surface area contributed by atoms with E-state index in [0.717, 1.165) is 5.56 Å². The Labute approximate surface area is 227 Å². The zero-order chi connectivity index (χ0) is 27.9. The number of aromatic nitrogens is 2. The number of hydrogen-bond acceptors (Lipinski definition) is 9. The molecule has 4 rings (SSSR count). The number of nitriles is 1. The van der Waals surface area contributed by atoms with Gasteiger partial charge in [0.05, 0.1) is 30.4 Å². The second-order valence-electron chi connectivity index (χ2n) is 9.80. The second kappa shape index (κ2) is 12.6. The van der Waals surface area contributed by atoms with Crippen molar-refractivity contribution in [3.8, 4) is 6.07 Å². The number of hydrogen-bond donors (Lipinski definition) is 2. The molecule has 0 unspecified atom stereocenters. The highest BCUT2D eigenvalue weighted by Crippen LogP contribution is 2.29. The lowest BCUT2D eigenvalue weighted by molar-refractivity contribution is -0.134. The van der Waals surface area contributed by atoms with Gasteiger partial charge in [0.1, 0.15) is 23.4 Å². The number of carbonyl (C=O) groups is 3. The third kappa shape index (κ3) is 6.50. The van der Waals surface area contributed by atoms with Crippen LogP contribution in [-0.4, -0.2) is 79.7 Å². The van der Waals surface area contributed by atoms with Crippen LogP contribution in [0.2, 0.25) is 0 Å². The van der Waals surface area contributed by atoms with Crippen molar-refractivity contribution < 1.29 is 23.9 Å². The maximum atomic E-state index is 13.3. The molecule has 2 aliphatic heterocycles. The van der Waals surface area contributed by atoms with E-state index in [2.05, 4.69) is 26.7 Å². The Morgan fingerprint density at radius 1 is 1.41 bits per heavy atom. The highest BCUT2D eigenvalue weighted by molar-refractivity contribution is 6.02. The predicted molar refractivity (Wildman–Crippen MR) is 144 cm³/mol. The van der Waals surface area contributed by atoms with Gasteiger partial charge in [-0.2, -0.15) is 5.26 Å². The van der Waals surface area contributed by atoms with Crippen LogP contribution in [0.15, 0.2) is 18.3 Å². The number of aldehydes is 1. The van der Waals surface area contributed by atoms with E-state index in [1.165, 1.54) is 11.1 Å². The standard InChI is InChI=1S/C27H33N7O5/c1-17(15-38-3)30-22-10-24(29-12-21(22)11-28)32-27(37)34-7-4-5-18-9-20(23(14-35)31-25(18)34)13-33(2)26(36)19-6-8-39-16-19/h9-10,12,14,17,19H,4-8,13,15-16H2,1-3H3,(H2,29,30,32,37)/t17-,19-/m1/s1. The highest BCUT2D eigenvalue weighted by atomic mass is 16.5. The van der Waals surface area contributed by atoms with Crippen LogP contribution in [0.3, 0.4) is 0 Å². The van der Waals surface area contributed by atoms with Crippen LogP contribution < -0.4 is 15.5 Å². The maximum absolute atomic E-state index is 13.3. The maximum Gasteiger partial charge on any atom is 0.328 e. The van der Waals surface area contributed by atoms with E-state index >= 15 is 0 Å². The summed E-state index contributed by atoms with van der Waals surface area (Å²) >= 11 is 0. The molecular formula is C27H33N7O5. The number of amides is 3. The fourth-order valence-corrected chi connectivity index (χ4v) is 4.82. The summed E-state index contributed by atoms with van der Waals surface area (Å²) in [6, 6.07) is 5.04. The lowest BCUT2D eigenvalue weighted by Gasteiger charge is -2.30. The molecule has 1 fully saturated rings. The summed E-state index contributed by atoms with van der Waals surface area (Å²) in [5.74, 6) is 0.475. The van der Waals surface area contributed by atoms with E-state index in [0.29, 0.717) is 74.5 Å². The summed E-state index contributed by atoms with van der Waals surface area (Å²) in [7, 11) is 3.30. The van der Waals surface area contributed by atoms with Crippen molar-refractivity contribution in [2.45, 2.75) is 38.8 Å². The van der Waals surface area contributed by atoms with Crippen molar-refractivity contribution in [3.63, 3.8) is 0 Å². The van der Waals surface area contributed by atoms with Crippen molar-refractivity contribution in [3.05, 3.63) is 40.7 Å². The minimum atomic E-state index is -0.449. The molecule has 0 aliphatic carbocycles. The normalized spacial score (nSPS) is 17.1. The van der Waals surface area contributed by atoms with E-state index in [-0.39, 0.29) is 35.9 Å². The van der Waals surface area contributed by atoms with Crippen LogP contribution in [0.4, 0.5) is 22.1 Å². The molecule has 0 aromatic carbocycles. The zero-order valence-corrected chi connectivity index (χ0v) is 22.4. The van der Waals surface area contributed by atoms with Gasteiger partial charge in [-0.05, 0) is 37.8 Å². The van der Waals surface area contributed by atoms with Crippen molar-refractivity contribution in [2.24, 2.45) is 5.92 Å². The first-order valence-electron chi connectivity index (χ1n) is 12.9. The van der Waals surface area contributed by atoms with Gasteiger partial charge in [-0.15, -0.1) is 0 Å². The molecular weight excluding hydrogens is 502 g/mol. The van der Waals surface area contributed by atoms with Gasteiger partial charge in [0.15, 0.2) is 6.29 Å². The summed E-state index contributed by atoms with van der Waals surface area (Å²) in [4.78, 5) is 49.8. The minimum absolute atomic E-state index is 0.0246. The number of carbonyl (C=O) groups excluding carboxylic acids is 3. The first-order valence-corrected chi connectivity index (χ1v) is 12.9. The Morgan fingerprint density at radius 2 is 2.23 bits per heavy atom. The van der Waals surface area contributed by atoms with Gasteiger partial charge in [-0.25, -0.2) is 14.8 Å². The first kappa shape index (κ1) is 27.9. The van der Waals surface area contributed by atoms with Crippen molar-refractivity contribution >= 4 is 35.5 Å². The lowest BCUT2D eigenvalue weighted by atomic mass is 10.0. The predicted octanol–water partition coefficient (Wildman–Crippen LogP) is 2.59. The zero-order valence-electron chi connectivity index (χ0n) is 22.4. The van der Waals surface area contributed by atoms with Crippen LogP contribution in [0, 0.1) is 17.2 Å². The largest absolute Gasteiger partial charge is 0.383 e. The fraction of sp³-hybridized carbons (Fsp3) is 0.481. The van der Waals surface area contributed by atoms with E-state index < -0.39 is 6.03 Å². The third-order valence-corrected chi connectivity index (χ3v) is 6.77. The topological polar surface area (TPSA) is 150 Å². The second-order valence-corrected chi connectivity index (χ2v) is 9.80. The summed E-state index contributed by atoms with van der Waals surface area (Å²) < 4.78 is 10.5. The summed E-state index contributed by atoms with van der Waals surface area (Å²) in [6.07, 6.45) is 4.13. The van der Waals surface area contributed by atoms with Gasteiger partial charge < -0.3 is 19.7 Å². The Kier molecular flexibility index (Phi) is 9.06. The molecule has 2 atom stereocenters. The molecule has 12 nitrogen and oxygen atoms in total. The first-order chi connectivity index (χ1) is 18.8. The SMILES string of the molecule is COC[C@@H](C)Nc1cc(NC(=O)N2CCCc3cc(CN(C)C(=O)[C@@H]4CCOC4)c(C=O)nc32)ncc1C#N. The minimum Gasteiger partial charge on any atom is -0.383 e. The van der Waals surface area contributed by atoms with Gasteiger partial charge >= 0.3 is 6.03 Å². The van der Waals surface area contributed by atoms with Crippen molar-refractivity contribution in [1.82, 2.24) is 14.9 Å². The Hall–Kier alpha value is -4.08. The number of rotatable bonds is 9. The number of nitrogens with one attached hydrogen (secondary N) is 2. The number of urea groups is 1. The van der Waals surface area contributed by atoms with Crippen LogP contribution in [0.1, 0.15) is 46.9 Å². The molecule has 0 bridgehead atoms. The Balaban J connectivity index is 1.52. The monoisotopic (exact) mass is 535 g/mol. The molecule has 12 heteroatoms. The average Bonchev–Trinajstić information content (AvgIpc) is 3.47. The molecule has 4 heterocycles. The number of fused-ring (bicyclic) bond motifs is 1. The molecule has 3 amide bonds. The Bertz CT molecular complexity index is 1270. The van der Waals surface area contributed by atoms with E-state index in [9.17, 15) is 19.6 Å². The van der Waals surface area contributed by atoms with Gasteiger partial charge in [0.2, 0.25) is 5.91 Å². The summed E-state index contributed by atoms with van der Waals surface area (Å²) in [5.41, 5.74) is 2.51. The Morgan fingerprint density at radius 3 is 2.92 bits per heavy atom. The van der Waals surface area contributed by atoms with E-state index in [1.54, 1.807) is 25.1 Å². The van der Waals surface area contributed by atoms with Crippen LogP contribution in [0.5, 0.6) is 0 Å². The molecule has 0 radical (unpaired) electrons. The molecule has 0 saturated carbocycles. The van der Waals surface area contributed by atoms with Gasteiger partial charge in [-0.3, -0.25) is 19.8 Å². The summed E-state index contributed by atoms with van der Waals surface area (Å²) in [6.45, 7) is 3.98. The fourth-order valence-electron chi connectivity index (χ4n) is 4.82. The highest BCUT2D eigenvalue weighted by Gasteiger charge is 2.29. The quantitative estimate of drug-likeness (QED) is 0.462. The molecule has 206 valence electrons. The van der Waals surface area contributed by atoms with E-state index in [1.807, 2.05) is 13.0 Å². The molecule has 2 aromatic heterocycles. The lowest BCUT2D eigenvalue weighted by Crippen LogP contribution is -2.40. The van der Waals surface area contributed by atoms with Gasteiger partial charge in [-0.1, -0.05) is 0 Å². The third-order valence-electron chi connectivity index (χ3n) is 6.77. The number of anilines is 3. The smallest absolute Gasteiger partial charge is 0.328 e. The average molecular weight is 536 g/mol. The molecule has 2 aromatic rings. The van der Waals surface area contributed by atoms with Crippen molar-refractivity contribution in [1.29, 1.82) is 5.26 Å². The van der Waals surface area contributed by atoms with Gasteiger partial charge in [0.25, 0.3) is 0 Å². The number of aryl methyl sites for hydroxylation is 1.